The number of anilines is 1. The number of fused-ring (bicyclic) bond motifs is 1. The third-order valence-corrected chi connectivity index (χ3v) is 6.14. The summed E-state index contributed by atoms with van der Waals surface area (Å²) in [7, 11) is 0. The highest BCUT2D eigenvalue weighted by atomic mass is 79.9. The number of furan rings is 1. The summed E-state index contributed by atoms with van der Waals surface area (Å²) >= 11 is 9.31. The molecule has 5 rings (SSSR count). The van der Waals surface area contributed by atoms with Crippen LogP contribution in [0.3, 0.4) is 0 Å². The fraction of sp³-hybridized carbons (Fsp3) is 0.0417. The summed E-state index contributed by atoms with van der Waals surface area (Å²) in [5.74, 6) is -2.87. The van der Waals surface area contributed by atoms with Crippen LogP contribution in [-0.4, -0.2) is 21.8 Å². The summed E-state index contributed by atoms with van der Waals surface area (Å²) in [6.07, 6.45) is 3.01. The molecule has 4 aromatic rings. The lowest BCUT2D eigenvalue weighted by Gasteiger charge is -2.26. The van der Waals surface area contributed by atoms with Gasteiger partial charge in [-0.15, -0.1) is 0 Å². The first-order valence-electron chi connectivity index (χ1n) is 9.70. The summed E-state index contributed by atoms with van der Waals surface area (Å²) in [6.45, 7) is 0. The number of aliphatic hydroxyl groups excluding tert-OH is 1. The van der Waals surface area contributed by atoms with Crippen LogP contribution in [0.4, 0.5) is 10.1 Å². The molecular formula is C24H13BrClFN2O4. The average Bonchev–Trinajstić information content (AvgIpc) is 3.34. The molecule has 0 saturated heterocycles. The molecule has 9 heteroatoms. The number of Topliss-reactive ketones (excluding diaryl/α,β-unsaturated/α-hetero) is 1. The van der Waals surface area contributed by atoms with E-state index < -0.39 is 29.3 Å². The van der Waals surface area contributed by atoms with Crippen molar-refractivity contribution in [3.8, 4) is 0 Å². The molecule has 2 aromatic carbocycles. The highest BCUT2D eigenvalue weighted by molar-refractivity contribution is 9.10. The molecule has 1 aliphatic rings. The molecule has 1 unspecified atom stereocenters. The predicted octanol–water partition coefficient (Wildman–Crippen LogP) is 6.17. The standard InChI is InChI=1S/C24H13BrClFN2O4/c25-14-1-4-18-13(9-14)10-19(33-18)22(30)20-21(12-5-7-28-8-6-12)29(24(32)23(20)31)15-2-3-17(27)16(26)11-15/h1-11,21,31H. The van der Waals surface area contributed by atoms with Gasteiger partial charge >= 0.3 is 0 Å². The fourth-order valence-corrected chi connectivity index (χ4v) is 4.41. The highest BCUT2D eigenvalue weighted by Gasteiger charge is 2.45. The first-order valence-corrected chi connectivity index (χ1v) is 10.9. The highest BCUT2D eigenvalue weighted by Crippen LogP contribution is 2.43. The Morgan fingerprint density at radius 2 is 1.88 bits per heavy atom. The molecule has 0 saturated carbocycles. The van der Waals surface area contributed by atoms with E-state index in [0.717, 1.165) is 10.5 Å². The molecule has 0 aliphatic carbocycles. The third-order valence-electron chi connectivity index (χ3n) is 5.36. The van der Waals surface area contributed by atoms with Crippen LogP contribution in [-0.2, 0) is 4.79 Å². The first-order chi connectivity index (χ1) is 15.8. The van der Waals surface area contributed by atoms with Crippen molar-refractivity contribution in [2.45, 2.75) is 6.04 Å². The minimum atomic E-state index is -1.01. The van der Waals surface area contributed by atoms with Crippen LogP contribution in [0.15, 0.2) is 87.2 Å². The van der Waals surface area contributed by atoms with E-state index >= 15 is 0 Å². The maximum atomic E-state index is 13.8. The van der Waals surface area contributed by atoms with Gasteiger partial charge in [0.05, 0.1) is 16.6 Å². The minimum Gasteiger partial charge on any atom is -0.503 e. The van der Waals surface area contributed by atoms with E-state index in [4.69, 9.17) is 16.0 Å². The summed E-state index contributed by atoms with van der Waals surface area (Å²) in [5, 5.41) is 11.3. The zero-order chi connectivity index (χ0) is 23.3. The number of aromatic nitrogens is 1. The number of ketones is 1. The normalized spacial score (nSPS) is 16.2. The fourth-order valence-electron chi connectivity index (χ4n) is 3.86. The van der Waals surface area contributed by atoms with Gasteiger partial charge in [0.2, 0.25) is 5.78 Å². The second-order valence-corrected chi connectivity index (χ2v) is 8.66. The van der Waals surface area contributed by atoms with Gasteiger partial charge < -0.3 is 9.52 Å². The number of carbonyl (C=O) groups excluding carboxylic acids is 2. The van der Waals surface area contributed by atoms with Crippen molar-refractivity contribution < 1.29 is 23.5 Å². The van der Waals surface area contributed by atoms with Gasteiger partial charge in [-0.3, -0.25) is 19.5 Å². The molecular weight excluding hydrogens is 515 g/mol. The first kappa shape index (κ1) is 21.4. The van der Waals surface area contributed by atoms with Crippen molar-refractivity contribution in [2.75, 3.05) is 4.90 Å². The van der Waals surface area contributed by atoms with Crippen molar-refractivity contribution in [3.05, 3.63) is 105 Å². The van der Waals surface area contributed by atoms with Crippen molar-refractivity contribution in [1.29, 1.82) is 0 Å². The average molecular weight is 528 g/mol. The van der Waals surface area contributed by atoms with Gasteiger partial charge in [0.15, 0.2) is 11.5 Å². The summed E-state index contributed by atoms with van der Waals surface area (Å²) in [6, 6.07) is 12.8. The molecule has 6 nitrogen and oxygen atoms in total. The van der Waals surface area contributed by atoms with Gasteiger partial charge in [0.25, 0.3) is 5.91 Å². The summed E-state index contributed by atoms with van der Waals surface area (Å²) < 4.78 is 20.3. The van der Waals surface area contributed by atoms with Crippen molar-refractivity contribution in [1.82, 2.24) is 4.98 Å². The quantitative estimate of drug-likeness (QED) is 0.321. The van der Waals surface area contributed by atoms with Crippen molar-refractivity contribution in [2.24, 2.45) is 0 Å². The molecule has 1 aliphatic heterocycles. The van der Waals surface area contributed by atoms with E-state index in [2.05, 4.69) is 20.9 Å². The van der Waals surface area contributed by atoms with Crippen LogP contribution in [0.2, 0.25) is 5.02 Å². The zero-order valence-corrected chi connectivity index (χ0v) is 19.0. The number of halogens is 3. The van der Waals surface area contributed by atoms with Gasteiger partial charge in [-0.25, -0.2) is 4.39 Å². The molecule has 0 radical (unpaired) electrons. The number of benzene rings is 2. The SMILES string of the molecule is O=C(C1=C(O)C(=O)N(c2ccc(F)c(Cl)c2)C1c1ccncc1)c1cc2cc(Br)ccc2o1. The van der Waals surface area contributed by atoms with Crippen molar-refractivity contribution in [3.63, 3.8) is 0 Å². The van der Waals surface area contributed by atoms with Crippen LogP contribution in [0.5, 0.6) is 0 Å². The number of rotatable bonds is 4. The lowest BCUT2D eigenvalue weighted by molar-refractivity contribution is -0.117. The van der Waals surface area contributed by atoms with Gasteiger partial charge in [0, 0.05) is 27.9 Å². The Kier molecular flexibility index (Phi) is 5.26. The molecule has 1 amide bonds. The molecule has 0 bridgehead atoms. The number of aliphatic hydroxyl groups is 1. The van der Waals surface area contributed by atoms with Crippen LogP contribution < -0.4 is 4.90 Å². The second-order valence-electron chi connectivity index (χ2n) is 7.34. The van der Waals surface area contributed by atoms with E-state index in [9.17, 15) is 19.1 Å². The molecule has 164 valence electrons. The Morgan fingerprint density at radius 1 is 1.12 bits per heavy atom. The Morgan fingerprint density at radius 3 is 2.61 bits per heavy atom. The molecule has 33 heavy (non-hydrogen) atoms. The van der Waals surface area contributed by atoms with Crippen molar-refractivity contribution >= 4 is 55.9 Å². The van der Waals surface area contributed by atoms with Crippen LogP contribution in [0.1, 0.15) is 22.2 Å². The van der Waals surface area contributed by atoms with Crippen LogP contribution >= 0.6 is 27.5 Å². The molecule has 1 N–H and O–H groups in total. The number of nitrogens with zero attached hydrogens (tertiary/aromatic N) is 2. The maximum absolute atomic E-state index is 13.8. The van der Waals surface area contributed by atoms with E-state index in [-0.39, 0.29) is 22.0 Å². The topological polar surface area (TPSA) is 83.6 Å². The van der Waals surface area contributed by atoms with Gasteiger partial charge in [-0.2, -0.15) is 0 Å². The molecule has 2 aromatic heterocycles. The number of carbonyl (C=O) groups is 2. The second kappa shape index (κ2) is 8.13. The predicted molar refractivity (Wildman–Crippen MR) is 124 cm³/mol. The van der Waals surface area contributed by atoms with Crippen LogP contribution in [0, 0.1) is 5.82 Å². The number of hydrogen-bond acceptors (Lipinski definition) is 5. The smallest absolute Gasteiger partial charge is 0.294 e. The lowest BCUT2D eigenvalue weighted by Crippen LogP contribution is -2.31. The van der Waals surface area contributed by atoms with E-state index in [0.29, 0.717) is 16.5 Å². The van der Waals surface area contributed by atoms with Gasteiger partial charge in [-0.1, -0.05) is 27.5 Å². The number of amides is 1. The number of hydrogen-bond donors (Lipinski definition) is 1. The molecule has 3 heterocycles. The van der Waals surface area contributed by atoms with Crippen LogP contribution in [0.25, 0.3) is 11.0 Å². The van der Waals surface area contributed by atoms with Gasteiger partial charge in [-0.05, 0) is 60.2 Å². The number of pyridine rings is 1. The molecule has 0 fully saturated rings. The lowest BCUT2D eigenvalue weighted by atomic mass is 9.95. The van der Waals surface area contributed by atoms with E-state index in [1.54, 1.807) is 36.4 Å². The Balaban J connectivity index is 1.66. The van der Waals surface area contributed by atoms with E-state index in [1.807, 2.05) is 0 Å². The Bertz CT molecular complexity index is 1470. The largest absolute Gasteiger partial charge is 0.503 e. The minimum absolute atomic E-state index is 0.0319. The summed E-state index contributed by atoms with van der Waals surface area (Å²) in [5.41, 5.74) is 1.06. The molecule has 0 spiro atoms. The van der Waals surface area contributed by atoms with E-state index in [1.165, 1.54) is 29.4 Å². The molecule has 1 atom stereocenters. The maximum Gasteiger partial charge on any atom is 0.294 e. The third kappa shape index (κ3) is 3.61. The Labute approximate surface area is 200 Å². The zero-order valence-electron chi connectivity index (χ0n) is 16.6. The monoisotopic (exact) mass is 526 g/mol. The summed E-state index contributed by atoms with van der Waals surface area (Å²) in [4.78, 5) is 31.8. The Hall–Kier alpha value is -3.49. The van der Waals surface area contributed by atoms with Gasteiger partial charge in [0.1, 0.15) is 11.4 Å².